The van der Waals surface area contributed by atoms with Gasteiger partial charge < -0.3 is 16.4 Å². The second-order valence-electron chi connectivity index (χ2n) is 9.88. The van der Waals surface area contributed by atoms with Gasteiger partial charge in [-0.3, -0.25) is 19.1 Å². The van der Waals surface area contributed by atoms with Crippen LogP contribution in [0.5, 0.6) is 0 Å². The molecule has 9 nitrogen and oxygen atoms in total. The van der Waals surface area contributed by atoms with Crippen molar-refractivity contribution in [1.82, 2.24) is 24.8 Å². The number of carbonyl (C=O) groups is 1. The largest absolute Gasteiger partial charge is 0.384 e. The first-order valence-electron chi connectivity index (χ1n) is 12.8. The number of nitrogen functional groups attached to an aromatic ring is 1. The van der Waals surface area contributed by atoms with Gasteiger partial charge in [-0.2, -0.15) is 0 Å². The first-order chi connectivity index (χ1) is 18.5. The summed E-state index contributed by atoms with van der Waals surface area (Å²) in [6, 6.07) is 15.4. The van der Waals surface area contributed by atoms with Gasteiger partial charge in [-0.15, -0.1) is 37.2 Å². The Bertz CT molecular complexity index is 1570. The monoisotopic (exact) mass is 615 g/mol. The molecule has 4 aromatic rings. The van der Waals surface area contributed by atoms with Gasteiger partial charge >= 0.3 is 0 Å². The molecule has 0 bridgehead atoms. The van der Waals surface area contributed by atoms with Crippen LogP contribution in [0.25, 0.3) is 0 Å². The van der Waals surface area contributed by atoms with E-state index in [4.69, 9.17) is 5.73 Å². The predicted molar refractivity (Wildman–Crippen MR) is 167 cm³/mol. The summed E-state index contributed by atoms with van der Waals surface area (Å²) in [4.78, 5) is 40.0. The lowest BCUT2D eigenvalue weighted by Gasteiger charge is -2.27. The van der Waals surface area contributed by atoms with Gasteiger partial charge in [0.1, 0.15) is 11.9 Å². The molecule has 0 spiro atoms. The van der Waals surface area contributed by atoms with Crippen LogP contribution in [-0.2, 0) is 24.2 Å². The van der Waals surface area contributed by atoms with Crippen LogP contribution in [0.1, 0.15) is 57.7 Å². The Kier molecular flexibility index (Phi) is 10.4. The molecule has 12 heteroatoms. The Labute approximate surface area is 256 Å². The number of hydrogen-bond acceptors (Lipinski definition) is 7. The molecular formula is C29H32Cl3N7O2. The standard InChI is InChI=1S/C29H29N7O2.3ClH/c1-17-20(8-11-25(30)35-17)14-34-28(37)24-10-9-21-15-32-27(29(38)36(21)24)33-16-23-22-7-3-2-5-18(22)13-19-6-4-12-31-26(19)23;;;/h2-8,11-12,15,23-24H,9-10,13-14,16H2,1H3,(H2,30,35)(H,32,33)(H,34,37);3*1H/t23?,24-;;;/m0.../s1. The van der Waals surface area contributed by atoms with Crippen molar-refractivity contribution in [3.05, 3.63) is 111 Å². The number of nitrogens with zero attached hydrogens (tertiary/aromatic N) is 4. The molecule has 1 amide bonds. The number of nitrogens with one attached hydrogen (secondary N) is 2. The highest BCUT2D eigenvalue weighted by atomic mass is 35.5. The number of halogens is 3. The van der Waals surface area contributed by atoms with E-state index in [9.17, 15) is 9.59 Å². The van der Waals surface area contributed by atoms with E-state index in [0.29, 0.717) is 31.7 Å². The van der Waals surface area contributed by atoms with Crippen molar-refractivity contribution in [2.75, 3.05) is 17.6 Å². The van der Waals surface area contributed by atoms with E-state index in [2.05, 4.69) is 49.9 Å². The number of nitrogens with two attached hydrogens (primary N) is 1. The topological polar surface area (TPSA) is 128 Å². The number of aryl methyl sites for hydroxylation is 2. The molecule has 2 aliphatic rings. The van der Waals surface area contributed by atoms with E-state index in [1.807, 2.05) is 31.3 Å². The summed E-state index contributed by atoms with van der Waals surface area (Å²) in [6.07, 6.45) is 5.53. The normalized spacial score (nSPS) is 16.0. The lowest BCUT2D eigenvalue weighted by molar-refractivity contribution is -0.124. The summed E-state index contributed by atoms with van der Waals surface area (Å²) >= 11 is 0. The van der Waals surface area contributed by atoms with Gasteiger partial charge in [-0.25, -0.2) is 9.97 Å². The first-order valence-corrected chi connectivity index (χ1v) is 12.8. The maximum atomic E-state index is 13.5. The Balaban J connectivity index is 0.00000154. The number of hydrogen-bond donors (Lipinski definition) is 3. The van der Waals surface area contributed by atoms with Crippen LogP contribution in [0.15, 0.2) is 65.7 Å². The van der Waals surface area contributed by atoms with Crippen molar-refractivity contribution in [3.63, 3.8) is 0 Å². The van der Waals surface area contributed by atoms with Crippen LogP contribution in [0.3, 0.4) is 0 Å². The smallest absolute Gasteiger partial charge is 0.294 e. The highest BCUT2D eigenvalue weighted by Crippen LogP contribution is 2.35. The fourth-order valence-corrected chi connectivity index (χ4v) is 5.61. The van der Waals surface area contributed by atoms with Crippen molar-refractivity contribution in [3.8, 4) is 0 Å². The zero-order valence-corrected chi connectivity index (χ0v) is 24.8. The van der Waals surface area contributed by atoms with E-state index in [1.165, 1.54) is 16.7 Å². The molecule has 0 radical (unpaired) electrons. The molecule has 1 aliphatic heterocycles. The fraction of sp³-hybridized carbons (Fsp3) is 0.276. The van der Waals surface area contributed by atoms with Gasteiger partial charge in [0.2, 0.25) is 5.91 Å². The molecule has 0 fully saturated rings. The van der Waals surface area contributed by atoms with Gasteiger partial charge in [-0.1, -0.05) is 36.4 Å². The fourth-order valence-electron chi connectivity index (χ4n) is 5.61. The molecule has 3 aromatic heterocycles. The number of anilines is 2. The molecule has 0 saturated carbocycles. The minimum atomic E-state index is -0.583. The van der Waals surface area contributed by atoms with Gasteiger partial charge in [0.15, 0.2) is 5.82 Å². The molecular weight excluding hydrogens is 585 g/mol. The van der Waals surface area contributed by atoms with E-state index in [-0.39, 0.29) is 60.4 Å². The predicted octanol–water partition coefficient (Wildman–Crippen LogP) is 4.14. The quantitative estimate of drug-likeness (QED) is 0.297. The molecule has 41 heavy (non-hydrogen) atoms. The number of rotatable bonds is 6. The van der Waals surface area contributed by atoms with E-state index < -0.39 is 6.04 Å². The number of amides is 1. The van der Waals surface area contributed by atoms with Crippen LogP contribution in [0.2, 0.25) is 0 Å². The number of aromatic nitrogens is 4. The summed E-state index contributed by atoms with van der Waals surface area (Å²) < 4.78 is 1.58. The van der Waals surface area contributed by atoms with Crippen molar-refractivity contribution in [2.45, 2.75) is 44.7 Å². The third-order valence-electron chi connectivity index (χ3n) is 7.57. The lowest BCUT2D eigenvalue weighted by Crippen LogP contribution is -2.37. The molecule has 4 heterocycles. The lowest BCUT2D eigenvalue weighted by atomic mass is 9.81. The number of benzene rings is 1. The zero-order chi connectivity index (χ0) is 26.2. The minimum absolute atomic E-state index is 0. The summed E-state index contributed by atoms with van der Waals surface area (Å²) in [5.74, 6) is 0.481. The highest BCUT2D eigenvalue weighted by Gasteiger charge is 2.31. The molecule has 1 aromatic carbocycles. The average Bonchev–Trinajstić information content (AvgIpc) is 3.36. The highest BCUT2D eigenvalue weighted by molar-refractivity contribution is 5.86. The Morgan fingerprint density at radius 3 is 2.63 bits per heavy atom. The van der Waals surface area contributed by atoms with E-state index in [1.54, 1.807) is 16.8 Å². The average molecular weight is 617 g/mol. The number of carbonyl (C=O) groups excluding carboxylic acids is 1. The molecule has 1 unspecified atom stereocenters. The van der Waals surface area contributed by atoms with E-state index >= 15 is 0 Å². The molecule has 0 saturated heterocycles. The molecule has 216 valence electrons. The summed E-state index contributed by atoms with van der Waals surface area (Å²) in [5.41, 5.74) is 12.6. The first kappa shape index (κ1) is 31.9. The van der Waals surface area contributed by atoms with Crippen LogP contribution in [-0.4, -0.2) is 32.0 Å². The summed E-state index contributed by atoms with van der Waals surface area (Å²) in [6.45, 7) is 2.65. The molecule has 4 N–H and O–H groups in total. The van der Waals surface area contributed by atoms with Gasteiger partial charge in [-0.05, 0) is 60.6 Å². The maximum absolute atomic E-state index is 13.5. The van der Waals surface area contributed by atoms with Crippen molar-refractivity contribution in [2.24, 2.45) is 0 Å². The summed E-state index contributed by atoms with van der Waals surface area (Å²) in [5, 5.41) is 6.25. The number of pyridine rings is 2. The molecule has 6 rings (SSSR count). The van der Waals surface area contributed by atoms with Gasteiger partial charge in [0.25, 0.3) is 5.56 Å². The molecule has 2 atom stereocenters. The molecule has 1 aliphatic carbocycles. The van der Waals surface area contributed by atoms with Gasteiger partial charge in [0.05, 0.1) is 5.69 Å². The van der Waals surface area contributed by atoms with Crippen LogP contribution < -0.4 is 21.9 Å². The Morgan fingerprint density at radius 2 is 1.83 bits per heavy atom. The van der Waals surface area contributed by atoms with Gasteiger partial charge in [0, 0.05) is 42.8 Å². The maximum Gasteiger partial charge on any atom is 0.294 e. The van der Waals surface area contributed by atoms with Crippen molar-refractivity contribution in [1.29, 1.82) is 0 Å². The zero-order valence-electron chi connectivity index (χ0n) is 22.4. The van der Waals surface area contributed by atoms with E-state index in [0.717, 1.165) is 29.1 Å². The Hall–Kier alpha value is -3.66. The second-order valence-corrected chi connectivity index (χ2v) is 9.88. The number of fused-ring (bicyclic) bond motifs is 3. The Morgan fingerprint density at radius 1 is 1.05 bits per heavy atom. The van der Waals surface area contributed by atoms with Crippen molar-refractivity contribution < 1.29 is 4.79 Å². The van der Waals surface area contributed by atoms with Crippen molar-refractivity contribution >= 4 is 54.8 Å². The third-order valence-corrected chi connectivity index (χ3v) is 7.57. The summed E-state index contributed by atoms with van der Waals surface area (Å²) in [7, 11) is 0. The van der Waals surface area contributed by atoms with Crippen LogP contribution >= 0.6 is 37.2 Å². The SMILES string of the molecule is Cc1nc(N)ccc1CNC(=O)[C@@H]1CCc2cnc(NCC3c4ccccc4Cc4cccnc43)c(=O)n21.Cl.Cl.Cl. The minimum Gasteiger partial charge on any atom is -0.384 e. The second kappa shape index (κ2) is 13.3. The third kappa shape index (κ3) is 6.17. The van der Waals surface area contributed by atoms with Crippen LogP contribution in [0.4, 0.5) is 11.6 Å². The van der Waals surface area contributed by atoms with Crippen LogP contribution in [0, 0.1) is 6.92 Å².